The van der Waals surface area contributed by atoms with Crippen molar-refractivity contribution in [1.82, 2.24) is 10.6 Å². The molecule has 0 rings (SSSR count). The van der Waals surface area contributed by atoms with Crippen molar-refractivity contribution in [3.05, 3.63) is 0 Å². The summed E-state index contributed by atoms with van der Waals surface area (Å²) in [6, 6.07) is 0.209. The summed E-state index contributed by atoms with van der Waals surface area (Å²) in [5.74, 6) is 0.0198. The normalized spacial score (nSPS) is 12.5. The van der Waals surface area contributed by atoms with Crippen molar-refractivity contribution in [1.29, 1.82) is 0 Å². The van der Waals surface area contributed by atoms with Gasteiger partial charge >= 0.3 is 0 Å². The molecule has 90 valence electrons. The van der Waals surface area contributed by atoms with Crippen molar-refractivity contribution in [3.8, 4) is 0 Å². The average molecular weight is 217 g/mol. The van der Waals surface area contributed by atoms with Crippen molar-refractivity contribution in [2.75, 3.05) is 33.4 Å². The van der Waals surface area contributed by atoms with E-state index in [9.17, 15) is 4.79 Å². The topological polar surface area (TPSA) is 76.4 Å². The Morgan fingerprint density at radius 3 is 2.80 bits per heavy atom. The molecule has 0 aromatic rings. The molecule has 1 unspecified atom stereocenters. The van der Waals surface area contributed by atoms with Gasteiger partial charge in [-0.05, 0) is 26.3 Å². The van der Waals surface area contributed by atoms with Crippen LogP contribution in [0.2, 0.25) is 0 Å². The Bertz CT molecular complexity index is 165. The average Bonchev–Trinajstić information content (AvgIpc) is 2.22. The smallest absolute Gasteiger partial charge is 0.233 e. The number of carbonyl (C=O) groups excluding carboxylic acids is 1. The molecule has 5 heteroatoms. The fourth-order valence-corrected chi connectivity index (χ4v) is 1.31. The van der Waals surface area contributed by atoms with E-state index in [1.807, 2.05) is 6.92 Å². The lowest BCUT2D eigenvalue weighted by atomic mass is 10.1. The summed E-state index contributed by atoms with van der Waals surface area (Å²) in [6.07, 6.45) is 1.88. The minimum atomic E-state index is 0.0198. The highest BCUT2D eigenvalue weighted by atomic mass is 16.5. The van der Waals surface area contributed by atoms with Gasteiger partial charge in [0.15, 0.2) is 0 Å². The highest BCUT2D eigenvalue weighted by Crippen LogP contribution is 1.96. The van der Waals surface area contributed by atoms with Gasteiger partial charge in [-0.1, -0.05) is 0 Å². The van der Waals surface area contributed by atoms with Gasteiger partial charge in [-0.2, -0.15) is 0 Å². The lowest BCUT2D eigenvalue weighted by Crippen LogP contribution is -2.41. The van der Waals surface area contributed by atoms with Crippen molar-refractivity contribution in [2.45, 2.75) is 25.8 Å². The van der Waals surface area contributed by atoms with Gasteiger partial charge in [0.2, 0.25) is 5.91 Å². The van der Waals surface area contributed by atoms with E-state index in [4.69, 9.17) is 10.5 Å². The van der Waals surface area contributed by atoms with Crippen LogP contribution in [0.4, 0.5) is 0 Å². The molecular weight excluding hydrogens is 194 g/mol. The van der Waals surface area contributed by atoms with E-state index in [-0.39, 0.29) is 11.9 Å². The molecule has 0 heterocycles. The molecule has 0 aliphatic heterocycles. The van der Waals surface area contributed by atoms with Crippen LogP contribution in [-0.2, 0) is 9.53 Å². The van der Waals surface area contributed by atoms with E-state index in [1.165, 1.54) is 0 Å². The first kappa shape index (κ1) is 14.3. The maximum atomic E-state index is 11.2. The Kier molecular flexibility index (Phi) is 9.46. The van der Waals surface area contributed by atoms with Gasteiger partial charge in [0.05, 0.1) is 13.2 Å². The zero-order valence-electron chi connectivity index (χ0n) is 9.71. The molecule has 0 spiro atoms. The number of nitrogens with one attached hydrogen (secondary N) is 2. The third kappa shape index (κ3) is 8.35. The highest BCUT2D eigenvalue weighted by Gasteiger charge is 2.08. The number of rotatable bonds is 9. The molecule has 0 bridgehead atoms. The minimum absolute atomic E-state index is 0.0198. The summed E-state index contributed by atoms with van der Waals surface area (Å²) in [4.78, 5) is 11.2. The van der Waals surface area contributed by atoms with E-state index >= 15 is 0 Å². The van der Waals surface area contributed by atoms with Crippen LogP contribution in [-0.4, -0.2) is 45.3 Å². The Balaban J connectivity index is 3.68. The van der Waals surface area contributed by atoms with Crippen LogP contribution >= 0.6 is 0 Å². The molecule has 1 atom stereocenters. The van der Waals surface area contributed by atoms with Crippen LogP contribution in [0.15, 0.2) is 0 Å². The van der Waals surface area contributed by atoms with Crippen LogP contribution in [0.25, 0.3) is 0 Å². The second-order valence-corrected chi connectivity index (χ2v) is 3.42. The monoisotopic (exact) mass is 217 g/mol. The molecule has 0 saturated carbocycles. The standard InChI is InChI=1S/C10H23N3O2/c1-3-12-10(14)7-13-9(8-15-2)5-4-6-11/h9,13H,3-8,11H2,1-2H3,(H,12,14). The summed E-state index contributed by atoms with van der Waals surface area (Å²) < 4.78 is 5.06. The molecular formula is C10H23N3O2. The third-order valence-corrected chi connectivity index (χ3v) is 2.05. The zero-order chi connectivity index (χ0) is 11.5. The second kappa shape index (κ2) is 9.89. The Morgan fingerprint density at radius 1 is 1.53 bits per heavy atom. The molecule has 0 aliphatic carbocycles. The Labute approximate surface area is 91.7 Å². The SMILES string of the molecule is CCNC(=O)CNC(CCCN)COC. The summed E-state index contributed by atoms with van der Waals surface area (Å²) in [7, 11) is 1.66. The van der Waals surface area contributed by atoms with E-state index in [0.717, 1.165) is 12.8 Å². The zero-order valence-corrected chi connectivity index (χ0v) is 9.71. The third-order valence-electron chi connectivity index (χ3n) is 2.05. The number of hydrogen-bond acceptors (Lipinski definition) is 4. The molecule has 0 aromatic carbocycles. The molecule has 0 aromatic heterocycles. The first-order valence-electron chi connectivity index (χ1n) is 5.43. The quantitative estimate of drug-likeness (QED) is 0.485. The van der Waals surface area contributed by atoms with Crippen molar-refractivity contribution in [2.24, 2.45) is 5.73 Å². The van der Waals surface area contributed by atoms with Crippen LogP contribution in [0, 0.1) is 0 Å². The van der Waals surface area contributed by atoms with Gasteiger partial charge in [-0.15, -0.1) is 0 Å². The van der Waals surface area contributed by atoms with E-state index in [1.54, 1.807) is 7.11 Å². The first-order chi connectivity index (χ1) is 7.24. The second-order valence-electron chi connectivity index (χ2n) is 3.42. The molecule has 4 N–H and O–H groups in total. The van der Waals surface area contributed by atoms with Crippen molar-refractivity contribution >= 4 is 5.91 Å². The van der Waals surface area contributed by atoms with Gasteiger partial charge in [0.25, 0.3) is 0 Å². The summed E-state index contributed by atoms with van der Waals surface area (Å²) in [6.45, 7) is 4.19. The van der Waals surface area contributed by atoms with Gasteiger partial charge in [-0.25, -0.2) is 0 Å². The number of hydrogen-bond donors (Lipinski definition) is 3. The van der Waals surface area contributed by atoms with E-state index < -0.39 is 0 Å². The Morgan fingerprint density at radius 2 is 2.27 bits per heavy atom. The number of methoxy groups -OCH3 is 1. The van der Waals surface area contributed by atoms with E-state index in [2.05, 4.69) is 10.6 Å². The summed E-state index contributed by atoms with van der Waals surface area (Å²) >= 11 is 0. The first-order valence-corrected chi connectivity index (χ1v) is 5.43. The molecule has 1 amide bonds. The van der Waals surface area contributed by atoms with Gasteiger partial charge in [-0.3, -0.25) is 4.79 Å². The van der Waals surface area contributed by atoms with Gasteiger partial charge in [0.1, 0.15) is 0 Å². The van der Waals surface area contributed by atoms with Crippen LogP contribution in [0.3, 0.4) is 0 Å². The molecule has 0 fully saturated rings. The fourth-order valence-electron chi connectivity index (χ4n) is 1.31. The molecule has 0 saturated heterocycles. The Hall–Kier alpha value is -0.650. The number of ether oxygens (including phenoxy) is 1. The summed E-state index contributed by atoms with van der Waals surface area (Å²) in [5.41, 5.74) is 5.43. The lowest BCUT2D eigenvalue weighted by molar-refractivity contribution is -0.120. The minimum Gasteiger partial charge on any atom is -0.383 e. The number of amides is 1. The van der Waals surface area contributed by atoms with Crippen molar-refractivity contribution in [3.63, 3.8) is 0 Å². The van der Waals surface area contributed by atoms with Crippen LogP contribution < -0.4 is 16.4 Å². The van der Waals surface area contributed by atoms with E-state index in [0.29, 0.717) is 26.2 Å². The molecule has 5 nitrogen and oxygen atoms in total. The summed E-state index contributed by atoms with van der Waals surface area (Å²) in [5, 5.41) is 5.88. The molecule has 0 aliphatic rings. The largest absolute Gasteiger partial charge is 0.383 e. The molecule has 15 heavy (non-hydrogen) atoms. The maximum Gasteiger partial charge on any atom is 0.233 e. The van der Waals surface area contributed by atoms with Crippen LogP contribution in [0.5, 0.6) is 0 Å². The van der Waals surface area contributed by atoms with Gasteiger partial charge in [0, 0.05) is 19.7 Å². The lowest BCUT2D eigenvalue weighted by Gasteiger charge is -2.17. The number of likely N-dealkylation sites (N-methyl/N-ethyl adjacent to an activating group) is 1. The highest BCUT2D eigenvalue weighted by molar-refractivity contribution is 5.77. The van der Waals surface area contributed by atoms with Crippen LogP contribution in [0.1, 0.15) is 19.8 Å². The number of carbonyl (C=O) groups is 1. The predicted molar refractivity (Wildman–Crippen MR) is 60.6 cm³/mol. The number of nitrogens with two attached hydrogens (primary N) is 1. The maximum absolute atomic E-state index is 11.2. The molecule has 0 radical (unpaired) electrons. The predicted octanol–water partition coefficient (Wildman–Crippen LogP) is -0.534. The van der Waals surface area contributed by atoms with Crippen molar-refractivity contribution < 1.29 is 9.53 Å². The fraction of sp³-hybridized carbons (Fsp3) is 0.900. The van der Waals surface area contributed by atoms with Gasteiger partial charge < -0.3 is 21.1 Å².